The Morgan fingerprint density at radius 3 is 2.82 bits per heavy atom. The highest BCUT2D eigenvalue weighted by atomic mass is 32.1. The van der Waals surface area contributed by atoms with Crippen molar-refractivity contribution in [3.8, 4) is 0 Å². The Hall–Kier alpha value is -1.43. The quantitative estimate of drug-likeness (QED) is 0.802. The Morgan fingerprint density at radius 1 is 1.18 bits per heavy atom. The van der Waals surface area contributed by atoms with E-state index < -0.39 is 0 Å². The van der Waals surface area contributed by atoms with Gasteiger partial charge in [0.2, 0.25) is 0 Å². The van der Waals surface area contributed by atoms with Crippen molar-refractivity contribution in [2.75, 3.05) is 26.4 Å². The summed E-state index contributed by atoms with van der Waals surface area (Å²) in [5.41, 5.74) is 2.81. The Balaban J connectivity index is 1.66. The minimum absolute atomic E-state index is 0.319. The van der Waals surface area contributed by atoms with Crippen molar-refractivity contribution < 1.29 is 4.74 Å². The van der Waals surface area contributed by atoms with Gasteiger partial charge in [-0.15, -0.1) is 11.3 Å². The van der Waals surface area contributed by atoms with E-state index in [1.54, 1.807) is 0 Å². The highest BCUT2D eigenvalue weighted by molar-refractivity contribution is 7.80. The van der Waals surface area contributed by atoms with E-state index in [-0.39, 0.29) is 0 Å². The molecule has 2 aliphatic heterocycles. The highest BCUT2D eigenvalue weighted by Crippen LogP contribution is 2.37. The largest absolute Gasteiger partial charge is 0.469 e. The molecule has 0 radical (unpaired) electrons. The third kappa shape index (κ3) is 2.53. The number of benzene rings is 1. The van der Waals surface area contributed by atoms with Crippen molar-refractivity contribution in [3.63, 3.8) is 0 Å². The van der Waals surface area contributed by atoms with Gasteiger partial charge in [-0.05, 0) is 41.2 Å². The molecule has 1 saturated heterocycles. The molecular weight excluding hydrogens is 312 g/mol. The van der Waals surface area contributed by atoms with Gasteiger partial charge in [-0.1, -0.05) is 30.3 Å². The van der Waals surface area contributed by atoms with Gasteiger partial charge in [0.1, 0.15) is 6.61 Å². The average molecular weight is 330 g/mol. The Kier molecular flexibility index (Phi) is 3.86. The summed E-state index contributed by atoms with van der Waals surface area (Å²) in [5, 5.41) is 2.86. The zero-order valence-electron chi connectivity index (χ0n) is 12.3. The first kappa shape index (κ1) is 14.2. The van der Waals surface area contributed by atoms with Crippen molar-refractivity contribution in [3.05, 3.63) is 57.8 Å². The second-order valence-electron chi connectivity index (χ2n) is 5.69. The zero-order chi connectivity index (χ0) is 14.9. The van der Waals surface area contributed by atoms with Crippen LogP contribution in [0.5, 0.6) is 0 Å². The summed E-state index contributed by atoms with van der Waals surface area (Å²) in [6.45, 7) is 3.51. The lowest BCUT2D eigenvalue weighted by Gasteiger charge is -2.38. The molecule has 1 aromatic heterocycles. The number of ether oxygens (including phenoxy) is 1. The van der Waals surface area contributed by atoms with E-state index in [4.69, 9.17) is 17.0 Å². The first-order valence-electron chi connectivity index (χ1n) is 7.60. The van der Waals surface area contributed by atoms with Crippen LogP contribution in [-0.2, 0) is 11.2 Å². The number of thiophene rings is 1. The van der Waals surface area contributed by atoms with Crippen LogP contribution in [0.2, 0.25) is 0 Å². The lowest BCUT2D eigenvalue weighted by Crippen LogP contribution is -2.43. The van der Waals surface area contributed by atoms with Crippen molar-refractivity contribution in [1.82, 2.24) is 9.80 Å². The molecule has 0 amide bonds. The molecule has 3 heterocycles. The Morgan fingerprint density at radius 2 is 2.05 bits per heavy atom. The summed E-state index contributed by atoms with van der Waals surface area (Å²) in [4.78, 5) is 6.21. The zero-order valence-corrected chi connectivity index (χ0v) is 13.9. The summed E-state index contributed by atoms with van der Waals surface area (Å²) in [5.74, 6) is 0. The molecule has 0 spiro atoms. The minimum Gasteiger partial charge on any atom is -0.469 e. The molecular formula is C17H18N2OS2. The molecule has 0 N–H and O–H groups in total. The maximum absolute atomic E-state index is 5.44. The smallest absolute Gasteiger partial charge is 0.260 e. The standard InChI is InChI=1S/C17H18N2OS2/c21-17-19(9-10-20-17)12-18-8-6-15-14(7-11-22-15)16(18)13-4-2-1-3-5-13/h1-5,7,11,16H,6,8-10,12H2/t16-/m1/s1. The SMILES string of the molecule is S=C1OCCN1CN1CCc2sccc2[C@H]1c1ccccc1. The van der Waals surface area contributed by atoms with E-state index in [9.17, 15) is 0 Å². The molecule has 5 heteroatoms. The van der Waals surface area contributed by atoms with Crippen molar-refractivity contribution >= 4 is 28.7 Å². The van der Waals surface area contributed by atoms with Crippen LogP contribution < -0.4 is 0 Å². The van der Waals surface area contributed by atoms with E-state index in [0.29, 0.717) is 17.8 Å². The molecule has 3 nitrogen and oxygen atoms in total. The van der Waals surface area contributed by atoms with Crippen LogP contribution in [0.1, 0.15) is 22.0 Å². The average Bonchev–Trinajstić information content (AvgIpc) is 3.17. The van der Waals surface area contributed by atoms with Gasteiger partial charge in [0.05, 0.1) is 19.3 Å². The van der Waals surface area contributed by atoms with E-state index in [1.807, 2.05) is 11.3 Å². The van der Waals surface area contributed by atoms with Crippen LogP contribution in [0.3, 0.4) is 0 Å². The molecule has 1 atom stereocenters. The minimum atomic E-state index is 0.319. The van der Waals surface area contributed by atoms with Crippen molar-refractivity contribution in [2.24, 2.45) is 0 Å². The van der Waals surface area contributed by atoms with Crippen LogP contribution in [0.25, 0.3) is 0 Å². The number of rotatable bonds is 3. The number of hydrogen-bond donors (Lipinski definition) is 0. The number of nitrogens with zero attached hydrogens (tertiary/aromatic N) is 2. The van der Waals surface area contributed by atoms with Gasteiger partial charge in [-0.3, -0.25) is 4.90 Å². The van der Waals surface area contributed by atoms with E-state index in [0.717, 1.165) is 26.2 Å². The number of hydrogen-bond acceptors (Lipinski definition) is 4. The third-order valence-electron chi connectivity index (χ3n) is 4.38. The molecule has 0 saturated carbocycles. The molecule has 0 unspecified atom stereocenters. The molecule has 4 rings (SSSR count). The molecule has 2 aliphatic rings. The lowest BCUT2D eigenvalue weighted by molar-refractivity contribution is 0.152. The third-order valence-corrected chi connectivity index (χ3v) is 5.75. The van der Waals surface area contributed by atoms with Gasteiger partial charge in [-0.2, -0.15) is 0 Å². The van der Waals surface area contributed by atoms with Gasteiger partial charge in [0, 0.05) is 11.4 Å². The molecule has 2 aromatic rings. The maximum Gasteiger partial charge on any atom is 0.260 e. The molecule has 0 aliphatic carbocycles. The van der Waals surface area contributed by atoms with Crippen molar-refractivity contribution in [1.29, 1.82) is 0 Å². The second-order valence-corrected chi connectivity index (χ2v) is 7.04. The van der Waals surface area contributed by atoms with Crippen LogP contribution in [0.4, 0.5) is 0 Å². The van der Waals surface area contributed by atoms with Crippen LogP contribution in [0, 0.1) is 0 Å². The Bertz CT molecular complexity index is 670. The fourth-order valence-corrected chi connectivity index (χ4v) is 4.46. The van der Waals surface area contributed by atoms with Crippen LogP contribution in [-0.4, -0.2) is 41.3 Å². The number of thiocarbonyl (C=S) groups is 1. The second kappa shape index (κ2) is 5.99. The van der Waals surface area contributed by atoms with Gasteiger partial charge in [0.25, 0.3) is 5.17 Å². The molecule has 1 aromatic carbocycles. The number of fused-ring (bicyclic) bond motifs is 1. The fraction of sp³-hybridized carbons (Fsp3) is 0.353. The first-order chi connectivity index (χ1) is 10.8. The van der Waals surface area contributed by atoms with Gasteiger partial charge in [-0.25, -0.2) is 0 Å². The summed E-state index contributed by atoms with van der Waals surface area (Å²) >= 11 is 7.18. The molecule has 22 heavy (non-hydrogen) atoms. The van der Waals surface area contributed by atoms with Gasteiger partial charge >= 0.3 is 0 Å². The lowest BCUT2D eigenvalue weighted by atomic mass is 9.94. The molecule has 0 bridgehead atoms. The van der Waals surface area contributed by atoms with Crippen molar-refractivity contribution in [2.45, 2.75) is 12.5 Å². The predicted octanol–water partition coefficient (Wildman–Crippen LogP) is 3.27. The molecule has 1 fully saturated rings. The topological polar surface area (TPSA) is 15.7 Å². The normalized spacial score (nSPS) is 21.7. The van der Waals surface area contributed by atoms with Gasteiger partial charge < -0.3 is 9.64 Å². The molecule has 114 valence electrons. The summed E-state index contributed by atoms with van der Waals surface area (Å²) in [7, 11) is 0. The fourth-order valence-electron chi connectivity index (χ4n) is 3.32. The first-order valence-corrected chi connectivity index (χ1v) is 8.88. The highest BCUT2D eigenvalue weighted by Gasteiger charge is 2.32. The van der Waals surface area contributed by atoms with Gasteiger partial charge in [0.15, 0.2) is 0 Å². The summed E-state index contributed by atoms with van der Waals surface area (Å²) in [6, 6.07) is 13.4. The summed E-state index contributed by atoms with van der Waals surface area (Å²) < 4.78 is 5.44. The van der Waals surface area contributed by atoms with Crippen LogP contribution in [0.15, 0.2) is 41.8 Å². The van der Waals surface area contributed by atoms with E-state index in [1.165, 1.54) is 16.0 Å². The Labute approximate surface area is 140 Å². The predicted molar refractivity (Wildman–Crippen MR) is 93.1 cm³/mol. The van der Waals surface area contributed by atoms with E-state index >= 15 is 0 Å². The van der Waals surface area contributed by atoms with Crippen LogP contribution >= 0.6 is 23.6 Å². The summed E-state index contributed by atoms with van der Waals surface area (Å²) in [6.07, 6.45) is 1.12. The maximum atomic E-state index is 5.44. The monoisotopic (exact) mass is 330 g/mol. The van der Waals surface area contributed by atoms with E-state index in [2.05, 4.69) is 51.6 Å².